The summed E-state index contributed by atoms with van der Waals surface area (Å²) in [6, 6.07) is 6.32. The summed E-state index contributed by atoms with van der Waals surface area (Å²) in [7, 11) is -3.04. The second-order valence-corrected chi connectivity index (χ2v) is 21.4. The molecule has 7 rings (SSSR count). The summed E-state index contributed by atoms with van der Waals surface area (Å²) in [5.74, 6) is -2.94. The van der Waals surface area contributed by atoms with Crippen molar-refractivity contribution in [2.75, 3.05) is 19.0 Å². The normalized spacial score (nSPS) is 22.8. The highest BCUT2D eigenvalue weighted by Crippen LogP contribution is 2.71. The Morgan fingerprint density at radius 3 is 2.45 bits per heavy atom. The number of fused-ring (bicyclic) bond motifs is 1. The Morgan fingerprint density at radius 1 is 1.09 bits per heavy atom. The first-order valence-corrected chi connectivity index (χ1v) is 23.9. The Morgan fingerprint density at radius 2 is 1.83 bits per heavy atom. The van der Waals surface area contributed by atoms with E-state index >= 15 is 0 Å². The quantitative estimate of drug-likeness (QED) is 0.0655. The smallest absolute Gasteiger partial charge is 0.449 e. The van der Waals surface area contributed by atoms with E-state index in [1.807, 2.05) is 19.2 Å². The van der Waals surface area contributed by atoms with Crippen molar-refractivity contribution in [3.63, 3.8) is 0 Å². The van der Waals surface area contributed by atoms with Gasteiger partial charge < -0.3 is 44.4 Å². The number of rotatable bonds is 15. The molecule has 3 aliphatic rings. The minimum Gasteiger partial charge on any atom is -0.497 e. The van der Waals surface area contributed by atoms with Gasteiger partial charge in [0.1, 0.15) is 52.5 Å². The standard InChI is InChI=1S/C44H54F3N6O9PS/c1-8-25-20-43(25,63(57,58)22-28-14-16-36(61-28)44(45,46)47)52-38(54)34-18-29(21-53(34)39(55)37(42(4,5)6)51-41(56)62-26-11-9-10-12-26)60-35-19-32(33-23-64-40(50-33)48-24(2)3)49-31-17-27(59-7)13-15-30(31)35/h8,13-17,19,23-26,29,34,37H,1,9-12,18,20-22H2,2-7H3,(H,48,50)(H,51,56)(H,52,54)(H,57,58)/t25-,29-,34+,37?,43+/m1/s1. The number of nitrogens with one attached hydrogen (secondary N) is 3. The molecule has 3 amide bonds. The van der Waals surface area contributed by atoms with Gasteiger partial charge in [-0.15, -0.1) is 17.9 Å². The number of alkyl halides is 3. The maximum absolute atomic E-state index is 14.9. The highest BCUT2D eigenvalue weighted by Gasteiger charge is 2.66. The first kappa shape index (κ1) is 46.9. The van der Waals surface area contributed by atoms with Crippen LogP contribution in [0.2, 0.25) is 0 Å². The van der Waals surface area contributed by atoms with Crippen LogP contribution in [0.3, 0.4) is 0 Å². The molecule has 3 aromatic heterocycles. The number of alkyl carbamates (subject to hydrolysis) is 1. The number of thiazole rings is 1. The van der Waals surface area contributed by atoms with Crippen molar-refractivity contribution in [2.45, 2.75) is 121 Å². The molecular formula is C44H54F3N6O9PS. The Labute approximate surface area is 373 Å². The van der Waals surface area contributed by atoms with Crippen molar-refractivity contribution in [3.8, 4) is 22.9 Å². The number of benzene rings is 1. The number of halogens is 3. The second-order valence-electron chi connectivity index (χ2n) is 18.0. The zero-order valence-electron chi connectivity index (χ0n) is 36.5. The van der Waals surface area contributed by atoms with Gasteiger partial charge in [-0.05, 0) is 75.6 Å². The van der Waals surface area contributed by atoms with E-state index in [2.05, 4.69) is 22.5 Å². The number of hydrogen-bond donors (Lipinski definition) is 4. The molecule has 346 valence electrons. The fourth-order valence-electron chi connectivity index (χ4n) is 8.37. The molecule has 2 unspecified atom stereocenters. The average molecular weight is 931 g/mol. The molecule has 0 bridgehead atoms. The number of anilines is 1. The average Bonchev–Trinajstić information content (AvgIpc) is 3.82. The summed E-state index contributed by atoms with van der Waals surface area (Å²) < 4.78 is 77.1. The number of hydrogen-bond acceptors (Lipinski definition) is 12. The fourth-order valence-corrected chi connectivity index (χ4v) is 11.5. The lowest BCUT2D eigenvalue weighted by atomic mass is 9.85. The van der Waals surface area contributed by atoms with Crippen molar-refractivity contribution in [3.05, 3.63) is 66.0 Å². The molecule has 6 atom stereocenters. The van der Waals surface area contributed by atoms with Gasteiger partial charge in [0.25, 0.3) is 0 Å². The number of ether oxygens (including phenoxy) is 3. The van der Waals surface area contributed by atoms with E-state index in [9.17, 15) is 37.0 Å². The van der Waals surface area contributed by atoms with Crippen molar-refractivity contribution in [1.29, 1.82) is 0 Å². The zero-order valence-corrected chi connectivity index (χ0v) is 38.2. The first-order chi connectivity index (χ1) is 30.1. The molecule has 20 heteroatoms. The Bertz CT molecular complexity index is 2450. The summed E-state index contributed by atoms with van der Waals surface area (Å²) in [5, 5.41) is 10.1. The predicted octanol–water partition coefficient (Wildman–Crippen LogP) is 8.72. The molecule has 64 heavy (non-hydrogen) atoms. The van der Waals surface area contributed by atoms with Gasteiger partial charge in [-0.3, -0.25) is 14.2 Å². The fraction of sp³-hybridized carbons (Fsp3) is 0.523. The summed E-state index contributed by atoms with van der Waals surface area (Å²) in [5.41, 5.74) is 0.712. The summed E-state index contributed by atoms with van der Waals surface area (Å²) >= 11 is 1.41. The van der Waals surface area contributed by atoms with Crippen LogP contribution in [0.4, 0.5) is 23.1 Å². The lowest BCUT2D eigenvalue weighted by molar-refractivity contribution is -0.153. The van der Waals surface area contributed by atoms with Crippen LogP contribution in [0.5, 0.6) is 11.5 Å². The van der Waals surface area contributed by atoms with Gasteiger partial charge in [-0.25, -0.2) is 14.8 Å². The van der Waals surface area contributed by atoms with E-state index < -0.39 is 78.2 Å². The molecule has 1 aromatic carbocycles. The number of carbonyl (C=O) groups excluding carboxylic acids is 3. The third-order valence-electron chi connectivity index (χ3n) is 11.8. The Balaban J connectivity index is 1.22. The number of amides is 3. The van der Waals surface area contributed by atoms with Crippen molar-refractivity contribution in [2.24, 2.45) is 11.3 Å². The zero-order chi connectivity index (χ0) is 46.4. The van der Waals surface area contributed by atoms with Gasteiger partial charge in [0.05, 0.1) is 31.0 Å². The van der Waals surface area contributed by atoms with Crippen LogP contribution in [-0.2, 0) is 31.2 Å². The number of aromatic nitrogens is 2. The molecule has 2 saturated carbocycles. The van der Waals surface area contributed by atoms with Crippen LogP contribution in [-0.4, -0.2) is 86.9 Å². The molecule has 1 saturated heterocycles. The van der Waals surface area contributed by atoms with Crippen LogP contribution < -0.4 is 25.4 Å². The van der Waals surface area contributed by atoms with E-state index in [-0.39, 0.29) is 37.3 Å². The third kappa shape index (κ3) is 10.1. The molecule has 4 aromatic rings. The van der Waals surface area contributed by atoms with Gasteiger partial charge in [0.15, 0.2) is 5.13 Å². The van der Waals surface area contributed by atoms with Crippen LogP contribution in [0, 0.1) is 11.3 Å². The highest BCUT2D eigenvalue weighted by molar-refractivity contribution is 7.59. The molecular weight excluding hydrogens is 877 g/mol. The minimum atomic E-state index is -4.82. The molecule has 2 aliphatic carbocycles. The first-order valence-electron chi connectivity index (χ1n) is 21.2. The van der Waals surface area contributed by atoms with Crippen molar-refractivity contribution in [1.82, 2.24) is 25.5 Å². The molecule has 4 N–H and O–H groups in total. The van der Waals surface area contributed by atoms with Crippen LogP contribution in [0.1, 0.15) is 84.7 Å². The third-order valence-corrected chi connectivity index (χ3v) is 15.2. The lowest BCUT2D eigenvalue weighted by Crippen LogP contribution is -2.58. The number of methoxy groups -OCH3 is 1. The SMILES string of the molecule is C=C[C@@H]1C[C@]1(NC(=O)[C@@H]1C[C@@H](Oc2cc(-c3csc(NC(C)C)n3)nc3cc(OC)ccc23)CN1C(=O)C(NC(=O)OC1CCCC1)C(C)(C)C)P(=O)(O)Cc1ccc(C(F)(F)F)o1. The Kier molecular flexibility index (Phi) is 13.2. The minimum absolute atomic E-state index is 0.0388. The van der Waals surface area contributed by atoms with Crippen molar-refractivity contribution >= 4 is 52.6 Å². The maximum Gasteiger partial charge on any atom is 0.449 e. The molecule has 3 fully saturated rings. The lowest BCUT2D eigenvalue weighted by Gasteiger charge is -2.35. The van der Waals surface area contributed by atoms with Crippen LogP contribution in [0.15, 0.2) is 58.9 Å². The molecule has 15 nitrogen and oxygen atoms in total. The second kappa shape index (κ2) is 18.0. The van der Waals surface area contributed by atoms with Gasteiger partial charge in [-0.2, -0.15) is 13.2 Å². The monoisotopic (exact) mass is 930 g/mol. The summed E-state index contributed by atoms with van der Waals surface area (Å²) in [6.07, 6.45) is -3.00. The Hall–Kier alpha value is -5.13. The van der Waals surface area contributed by atoms with Crippen molar-refractivity contribution < 1.29 is 55.6 Å². The van der Waals surface area contributed by atoms with Gasteiger partial charge in [-0.1, -0.05) is 26.8 Å². The molecule has 4 heterocycles. The number of carbonyl (C=O) groups is 3. The van der Waals surface area contributed by atoms with E-state index in [1.54, 1.807) is 45.0 Å². The number of likely N-dealkylation sites (tertiary alicyclic amines) is 1. The molecule has 0 spiro atoms. The van der Waals surface area contributed by atoms with Crippen LogP contribution >= 0.6 is 18.7 Å². The highest BCUT2D eigenvalue weighted by atomic mass is 32.1. The molecule has 0 radical (unpaired) electrons. The van der Waals surface area contributed by atoms with Crippen LogP contribution in [0.25, 0.3) is 22.3 Å². The van der Waals surface area contributed by atoms with Gasteiger partial charge >= 0.3 is 12.3 Å². The number of furan rings is 1. The summed E-state index contributed by atoms with van der Waals surface area (Å²) in [6.45, 7) is 12.9. The van der Waals surface area contributed by atoms with E-state index in [0.29, 0.717) is 57.8 Å². The van der Waals surface area contributed by atoms with E-state index in [1.165, 1.54) is 29.4 Å². The number of nitrogens with zero attached hydrogens (tertiary/aromatic N) is 3. The largest absolute Gasteiger partial charge is 0.497 e. The number of pyridine rings is 1. The topological polar surface area (TPSA) is 194 Å². The van der Waals surface area contributed by atoms with E-state index in [0.717, 1.165) is 18.9 Å². The summed E-state index contributed by atoms with van der Waals surface area (Å²) in [4.78, 5) is 65.3. The van der Waals surface area contributed by atoms with Gasteiger partial charge in [0.2, 0.25) is 24.9 Å². The van der Waals surface area contributed by atoms with Gasteiger partial charge in [0, 0.05) is 41.3 Å². The predicted molar refractivity (Wildman–Crippen MR) is 234 cm³/mol. The molecule has 1 aliphatic heterocycles. The van der Waals surface area contributed by atoms with E-state index in [4.69, 9.17) is 28.6 Å². The maximum atomic E-state index is 14.9.